The molecule has 1 aliphatic carbocycles. The number of benzene rings is 3. The molecular weight excluding hydrogens is 335 g/mol. The number of rotatable bonds is 4. The Morgan fingerprint density at radius 2 is 1.08 bits per heavy atom. The van der Waals surface area contributed by atoms with E-state index in [0.29, 0.717) is 11.1 Å². The van der Waals surface area contributed by atoms with Crippen molar-refractivity contribution in [3.05, 3.63) is 102 Å². The van der Waals surface area contributed by atoms with Crippen LogP contribution in [0.3, 0.4) is 0 Å². The SMILES string of the molecule is O=S(=O)(c1ccccc1)C1(F)CC1(c1ccccc1)c1ccccc1. The Bertz CT molecular complexity index is 946. The first-order valence-corrected chi connectivity index (χ1v) is 9.60. The Kier molecular flexibility index (Phi) is 3.55. The van der Waals surface area contributed by atoms with Crippen LogP contribution in [0.25, 0.3) is 0 Å². The van der Waals surface area contributed by atoms with E-state index in [9.17, 15) is 8.42 Å². The summed E-state index contributed by atoms with van der Waals surface area (Å²) in [7, 11) is -4.14. The van der Waals surface area contributed by atoms with Gasteiger partial charge in [-0.1, -0.05) is 78.9 Å². The molecule has 0 amide bonds. The number of alkyl halides is 1. The molecule has 4 heteroatoms. The normalized spacial score (nSPS) is 21.6. The van der Waals surface area contributed by atoms with Gasteiger partial charge in [-0.15, -0.1) is 0 Å². The van der Waals surface area contributed by atoms with E-state index in [1.54, 1.807) is 42.5 Å². The minimum Gasteiger partial charge on any atom is -0.225 e. The van der Waals surface area contributed by atoms with Crippen molar-refractivity contribution in [3.63, 3.8) is 0 Å². The highest BCUT2D eigenvalue weighted by Crippen LogP contribution is 2.67. The molecule has 1 atom stereocenters. The van der Waals surface area contributed by atoms with Gasteiger partial charge in [-0.05, 0) is 23.3 Å². The zero-order valence-electron chi connectivity index (χ0n) is 13.5. The second-order valence-electron chi connectivity index (χ2n) is 6.36. The van der Waals surface area contributed by atoms with E-state index in [1.807, 2.05) is 36.4 Å². The highest BCUT2D eigenvalue weighted by Gasteiger charge is 2.78. The first kappa shape index (κ1) is 16.0. The summed E-state index contributed by atoms with van der Waals surface area (Å²) in [6.07, 6.45) is -0.0781. The van der Waals surface area contributed by atoms with Crippen LogP contribution in [0.2, 0.25) is 0 Å². The van der Waals surface area contributed by atoms with Crippen molar-refractivity contribution < 1.29 is 12.8 Å². The lowest BCUT2D eigenvalue weighted by atomic mass is 9.88. The summed E-state index contributed by atoms with van der Waals surface area (Å²) in [5, 5.41) is -2.36. The maximum atomic E-state index is 16.1. The van der Waals surface area contributed by atoms with Gasteiger partial charge in [-0.3, -0.25) is 0 Å². The van der Waals surface area contributed by atoms with Crippen molar-refractivity contribution in [2.24, 2.45) is 0 Å². The van der Waals surface area contributed by atoms with Gasteiger partial charge < -0.3 is 0 Å². The lowest BCUT2D eigenvalue weighted by molar-refractivity contribution is 0.370. The smallest absolute Gasteiger partial charge is 0.225 e. The van der Waals surface area contributed by atoms with E-state index >= 15 is 4.39 Å². The number of sulfone groups is 1. The van der Waals surface area contributed by atoms with Gasteiger partial charge in [0.05, 0.1) is 10.3 Å². The third-order valence-corrected chi connectivity index (χ3v) is 7.25. The van der Waals surface area contributed by atoms with Crippen molar-refractivity contribution in [2.75, 3.05) is 0 Å². The molecule has 3 aromatic carbocycles. The molecule has 0 saturated heterocycles. The van der Waals surface area contributed by atoms with Gasteiger partial charge in [0.25, 0.3) is 0 Å². The molecule has 126 valence electrons. The van der Waals surface area contributed by atoms with Crippen molar-refractivity contribution >= 4 is 9.84 Å². The van der Waals surface area contributed by atoms with E-state index in [2.05, 4.69) is 0 Å². The standard InChI is InChI=1S/C21H17FO2S/c22-21(25(23,24)19-14-8-3-9-15-19)16-20(21,17-10-4-1-5-11-17)18-12-6-2-7-13-18/h1-15H,16H2. The van der Waals surface area contributed by atoms with Crippen LogP contribution in [0.15, 0.2) is 95.9 Å². The quantitative estimate of drug-likeness (QED) is 0.692. The van der Waals surface area contributed by atoms with Gasteiger partial charge in [-0.2, -0.15) is 0 Å². The molecule has 0 heterocycles. The predicted octanol–water partition coefficient (Wildman–Crippen LogP) is 4.52. The predicted molar refractivity (Wildman–Crippen MR) is 95.7 cm³/mol. The van der Waals surface area contributed by atoms with Gasteiger partial charge in [0.1, 0.15) is 0 Å². The first-order chi connectivity index (χ1) is 12.0. The zero-order valence-corrected chi connectivity index (χ0v) is 14.3. The molecule has 0 radical (unpaired) electrons. The summed E-state index contributed by atoms with van der Waals surface area (Å²) in [5.74, 6) is 0. The van der Waals surface area contributed by atoms with Gasteiger partial charge in [0, 0.05) is 6.42 Å². The van der Waals surface area contributed by atoms with Crippen LogP contribution in [0.5, 0.6) is 0 Å². The average Bonchev–Trinajstić information content (AvgIpc) is 3.33. The Balaban J connectivity index is 1.92. The van der Waals surface area contributed by atoms with Crippen molar-refractivity contribution in [1.29, 1.82) is 0 Å². The summed E-state index contributed by atoms with van der Waals surface area (Å²) in [5.41, 5.74) is 0.191. The van der Waals surface area contributed by atoms with Crippen molar-refractivity contribution in [1.82, 2.24) is 0 Å². The largest absolute Gasteiger partial charge is 0.230 e. The zero-order chi connectivity index (χ0) is 17.5. The molecule has 3 aromatic rings. The highest BCUT2D eigenvalue weighted by molar-refractivity contribution is 7.93. The van der Waals surface area contributed by atoms with E-state index in [-0.39, 0.29) is 11.3 Å². The molecule has 25 heavy (non-hydrogen) atoms. The number of hydrogen-bond donors (Lipinski definition) is 0. The molecule has 0 aromatic heterocycles. The number of halogens is 1. The molecule has 1 saturated carbocycles. The van der Waals surface area contributed by atoms with E-state index < -0.39 is 20.3 Å². The van der Waals surface area contributed by atoms with Crippen LogP contribution < -0.4 is 0 Å². The maximum absolute atomic E-state index is 16.1. The fourth-order valence-corrected chi connectivity index (χ4v) is 5.64. The molecule has 1 aliphatic rings. The first-order valence-electron chi connectivity index (χ1n) is 8.12. The molecule has 1 fully saturated rings. The van der Waals surface area contributed by atoms with Crippen LogP contribution in [0, 0.1) is 0 Å². The van der Waals surface area contributed by atoms with Crippen LogP contribution in [0.1, 0.15) is 17.5 Å². The third kappa shape index (κ3) is 2.17. The molecule has 2 nitrogen and oxygen atoms in total. The lowest BCUT2D eigenvalue weighted by Crippen LogP contribution is -2.30. The minimum absolute atomic E-state index is 0.0197. The molecule has 0 spiro atoms. The summed E-state index contributed by atoms with van der Waals surface area (Å²) >= 11 is 0. The Labute approximate surface area is 146 Å². The summed E-state index contributed by atoms with van der Waals surface area (Å²) in [4.78, 5) is 0.0197. The topological polar surface area (TPSA) is 34.1 Å². The average molecular weight is 352 g/mol. The second-order valence-corrected chi connectivity index (χ2v) is 8.48. The van der Waals surface area contributed by atoms with E-state index in [4.69, 9.17) is 0 Å². The summed E-state index contributed by atoms with van der Waals surface area (Å²) in [6.45, 7) is 0. The maximum Gasteiger partial charge on any atom is 0.230 e. The van der Waals surface area contributed by atoms with E-state index in [1.165, 1.54) is 12.1 Å². The van der Waals surface area contributed by atoms with Crippen LogP contribution in [0.4, 0.5) is 4.39 Å². The molecule has 0 aliphatic heterocycles. The van der Waals surface area contributed by atoms with Crippen LogP contribution in [-0.2, 0) is 15.3 Å². The molecule has 0 N–H and O–H groups in total. The van der Waals surface area contributed by atoms with Gasteiger partial charge >= 0.3 is 0 Å². The highest BCUT2D eigenvalue weighted by atomic mass is 32.2. The van der Waals surface area contributed by atoms with Gasteiger partial charge in [0.2, 0.25) is 14.8 Å². The summed E-state index contributed by atoms with van der Waals surface area (Å²) < 4.78 is 42.3. The Morgan fingerprint density at radius 3 is 1.52 bits per heavy atom. The Hall–Kier alpha value is -2.46. The minimum atomic E-state index is -4.14. The lowest BCUT2D eigenvalue weighted by Gasteiger charge is -2.22. The van der Waals surface area contributed by atoms with Crippen LogP contribution >= 0.6 is 0 Å². The van der Waals surface area contributed by atoms with Crippen LogP contribution in [-0.4, -0.2) is 13.4 Å². The second kappa shape index (κ2) is 5.53. The van der Waals surface area contributed by atoms with Gasteiger partial charge in [0.15, 0.2) is 0 Å². The number of hydrogen-bond acceptors (Lipinski definition) is 2. The molecular formula is C21H17FO2S. The van der Waals surface area contributed by atoms with Crippen molar-refractivity contribution in [2.45, 2.75) is 21.7 Å². The third-order valence-electron chi connectivity index (χ3n) is 5.02. The monoisotopic (exact) mass is 352 g/mol. The van der Waals surface area contributed by atoms with Crippen molar-refractivity contribution in [3.8, 4) is 0 Å². The fraction of sp³-hybridized carbons (Fsp3) is 0.143. The molecule has 1 unspecified atom stereocenters. The van der Waals surface area contributed by atoms with Gasteiger partial charge in [-0.25, -0.2) is 12.8 Å². The molecule has 4 rings (SSSR count). The molecule has 0 bridgehead atoms. The van der Waals surface area contributed by atoms with E-state index in [0.717, 1.165) is 0 Å². The summed E-state index contributed by atoms with van der Waals surface area (Å²) in [6, 6.07) is 26.0. The Morgan fingerprint density at radius 1 is 0.680 bits per heavy atom. The fourth-order valence-electron chi connectivity index (χ4n) is 3.65.